The lowest BCUT2D eigenvalue weighted by Gasteiger charge is -2.31. The molecule has 0 saturated heterocycles. The van der Waals surface area contributed by atoms with E-state index in [9.17, 15) is 0 Å². The van der Waals surface area contributed by atoms with E-state index in [4.69, 9.17) is 0 Å². The highest BCUT2D eigenvalue weighted by Gasteiger charge is 2.52. The number of anilines is 3. The molecule has 11 aromatic rings. The van der Waals surface area contributed by atoms with E-state index in [0.29, 0.717) is 0 Å². The fourth-order valence-corrected chi connectivity index (χ4v) is 14.1. The fourth-order valence-electron chi connectivity index (χ4n) is 14.1. The van der Waals surface area contributed by atoms with Gasteiger partial charge in [-0.1, -0.05) is 234 Å². The second-order valence-corrected chi connectivity index (χ2v) is 21.9. The Kier molecular flexibility index (Phi) is 9.04. The third-order valence-corrected chi connectivity index (χ3v) is 17.5. The number of hydrogen-bond donors (Lipinski definition) is 0. The van der Waals surface area contributed by atoms with Crippen LogP contribution in [-0.2, 0) is 16.2 Å². The highest BCUT2D eigenvalue weighted by atomic mass is 15.1. The van der Waals surface area contributed by atoms with Crippen molar-refractivity contribution in [1.29, 1.82) is 0 Å². The summed E-state index contributed by atoms with van der Waals surface area (Å²) in [5.74, 6) is 0. The van der Waals surface area contributed by atoms with Gasteiger partial charge in [0.1, 0.15) is 0 Å². The van der Waals surface area contributed by atoms with Gasteiger partial charge in [0.2, 0.25) is 0 Å². The minimum Gasteiger partial charge on any atom is -0.310 e. The molecular formula is C73H53N. The molecule has 0 aromatic heterocycles. The monoisotopic (exact) mass is 943 g/mol. The Bertz CT molecular complexity index is 4140. The molecule has 0 radical (unpaired) electrons. The summed E-state index contributed by atoms with van der Waals surface area (Å²) in [5.41, 5.74) is 31.4. The topological polar surface area (TPSA) is 3.24 Å². The highest BCUT2D eigenvalue weighted by molar-refractivity contribution is 6.03. The van der Waals surface area contributed by atoms with Gasteiger partial charge in [-0.05, 0) is 165 Å². The second kappa shape index (κ2) is 15.6. The highest BCUT2D eigenvalue weighted by Crippen LogP contribution is 2.65. The SMILES string of the molecule is CC1(C)c2ccccc2-c2ccc(N(c3cccc(-c4cccc5c4-c4ccccc4C54c5ccccc5-c5c(-c6ccccc6)cccc54)c3)c3ccc4c(c3)C(C)(C)c3cc(-c5ccccc5)ccc3-4)cc21. The van der Waals surface area contributed by atoms with E-state index < -0.39 is 5.41 Å². The smallest absolute Gasteiger partial charge is 0.0725 e. The standard InChI is InChI=1S/C73H53N/c1-71(2)61-31-14-11-26-55(61)57-40-37-51(44-67(57)71)74(52-38-41-58-56-39-36-48(46-20-7-5-8-21-46)43-66(56)72(3,4)68(58)45-52)50-25-17-24-49(42-50)54-30-19-35-65-70(54)60-28-13-16-33-63(60)73(65)62-32-15-12-27-59(62)69-53(29-18-34-64(69)73)47-22-9-6-10-23-47/h5-45H,1-4H3. The van der Waals surface area contributed by atoms with Crippen LogP contribution < -0.4 is 4.90 Å². The maximum absolute atomic E-state index is 2.52. The van der Waals surface area contributed by atoms with Crippen LogP contribution in [0.15, 0.2) is 249 Å². The van der Waals surface area contributed by atoms with Crippen molar-refractivity contribution in [2.45, 2.75) is 43.9 Å². The number of hydrogen-bond acceptors (Lipinski definition) is 1. The Labute approximate surface area is 434 Å². The largest absolute Gasteiger partial charge is 0.310 e. The van der Waals surface area contributed by atoms with Gasteiger partial charge in [-0.2, -0.15) is 0 Å². The Morgan fingerprint density at radius 2 is 0.622 bits per heavy atom. The minimum atomic E-state index is -0.478. The molecule has 1 unspecified atom stereocenters. The Morgan fingerprint density at radius 3 is 1.22 bits per heavy atom. The fraction of sp³-hybridized carbons (Fsp3) is 0.0959. The van der Waals surface area contributed by atoms with E-state index in [1.54, 1.807) is 0 Å². The lowest BCUT2D eigenvalue weighted by atomic mass is 9.70. The van der Waals surface area contributed by atoms with Crippen LogP contribution >= 0.6 is 0 Å². The van der Waals surface area contributed by atoms with Crippen molar-refractivity contribution in [2.24, 2.45) is 0 Å². The van der Waals surface area contributed by atoms with Crippen LogP contribution in [0.25, 0.3) is 77.9 Å². The summed E-state index contributed by atoms with van der Waals surface area (Å²) in [6.07, 6.45) is 0. The molecule has 1 atom stereocenters. The molecule has 350 valence electrons. The Morgan fingerprint density at radius 1 is 0.230 bits per heavy atom. The van der Waals surface area contributed by atoms with Gasteiger partial charge in [0, 0.05) is 27.9 Å². The molecule has 1 spiro atoms. The maximum atomic E-state index is 2.52. The molecule has 0 N–H and O–H groups in total. The summed E-state index contributed by atoms with van der Waals surface area (Å²) in [6, 6.07) is 93.9. The van der Waals surface area contributed by atoms with E-state index >= 15 is 0 Å². The van der Waals surface area contributed by atoms with E-state index in [2.05, 4.69) is 281 Å². The Hall–Kier alpha value is -8.78. The van der Waals surface area contributed by atoms with Crippen molar-refractivity contribution in [1.82, 2.24) is 0 Å². The molecule has 0 bridgehead atoms. The molecule has 11 aromatic carbocycles. The van der Waals surface area contributed by atoms with Crippen molar-refractivity contribution < 1.29 is 0 Å². The second-order valence-electron chi connectivity index (χ2n) is 21.9. The molecule has 0 saturated carbocycles. The van der Waals surface area contributed by atoms with Crippen LogP contribution in [0.2, 0.25) is 0 Å². The van der Waals surface area contributed by atoms with Crippen molar-refractivity contribution >= 4 is 17.1 Å². The minimum absolute atomic E-state index is 0.152. The molecule has 74 heavy (non-hydrogen) atoms. The van der Waals surface area contributed by atoms with Crippen molar-refractivity contribution in [2.75, 3.05) is 4.90 Å². The summed E-state index contributed by atoms with van der Waals surface area (Å²) in [6.45, 7) is 9.58. The van der Waals surface area contributed by atoms with E-state index in [-0.39, 0.29) is 10.8 Å². The molecule has 0 fully saturated rings. The number of rotatable bonds is 6. The number of benzene rings is 11. The van der Waals surface area contributed by atoms with Crippen molar-refractivity contribution in [3.05, 3.63) is 293 Å². The molecule has 15 rings (SSSR count). The number of nitrogens with zero attached hydrogens (tertiary/aromatic N) is 1. The quantitative estimate of drug-likeness (QED) is 0.161. The third-order valence-electron chi connectivity index (χ3n) is 17.5. The van der Waals surface area contributed by atoms with E-state index in [1.165, 1.54) is 122 Å². The summed E-state index contributed by atoms with van der Waals surface area (Å²) in [4.78, 5) is 2.52. The van der Waals surface area contributed by atoms with Crippen LogP contribution in [0, 0.1) is 0 Å². The first-order valence-corrected chi connectivity index (χ1v) is 26.2. The summed E-state index contributed by atoms with van der Waals surface area (Å²) in [7, 11) is 0. The Balaban J connectivity index is 0.918. The zero-order chi connectivity index (χ0) is 49.5. The molecule has 0 amide bonds. The van der Waals surface area contributed by atoms with Gasteiger partial charge in [0.15, 0.2) is 0 Å². The van der Waals surface area contributed by atoms with Crippen molar-refractivity contribution in [3.8, 4) is 77.9 Å². The van der Waals surface area contributed by atoms with E-state index in [0.717, 1.165) is 17.1 Å². The first-order valence-electron chi connectivity index (χ1n) is 26.2. The molecule has 1 heteroatoms. The summed E-state index contributed by atoms with van der Waals surface area (Å²) in [5, 5.41) is 0. The summed E-state index contributed by atoms with van der Waals surface area (Å²) >= 11 is 0. The molecule has 0 aliphatic heterocycles. The molecule has 4 aliphatic rings. The zero-order valence-corrected chi connectivity index (χ0v) is 42.1. The van der Waals surface area contributed by atoms with Gasteiger partial charge in [0.05, 0.1) is 5.41 Å². The lowest BCUT2D eigenvalue weighted by Crippen LogP contribution is -2.25. The van der Waals surface area contributed by atoms with Crippen LogP contribution in [0.3, 0.4) is 0 Å². The number of fused-ring (bicyclic) bond motifs is 16. The van der Waals surface area contributed by atoms with Gasteiger partial charge < -0.3 is 4.90 Å². The first kappa shape index (κ1) is 42.9. The predicted molar refractivity (Wildman–Crippen MR) is 309 cm³/mol. The van der Waals surface area contributed by atoms with Crippen LogP contribution in [0.5, 0.6) is 0 Å². The molecular weight excluding hydrogens is 891 g/mol. The average molecular weight is 944 g/mol. The average Bonchev–Trinajstić information content (AvgIpc) is 4.09. The van der Waals surface area contributed by atoms with Crippen molar-refractivity contribution in [3.63, 3.8) is 0 Å². The normalized spacial score (nSPS) is 16.1. The van der Waals surface area contributed by atoms with Crippen LogP contribution in [0.1, 0.15) is 72.2 Å². The van der Waals surface area contributed by atoms with Crippen LogP contribution in [0.4, 0.5) is 17.1 Å². The van der Waals surface area contributed by atoms with Gasteiger partial charge in [-0.25, -0.2) is 0 Å². The first-order chi connectivity index (χ1) is 36.2. The predicted octanol–water partition coefficient (Wildman–Crippen LogP) is 19.1. The summed E-state index contributed by atoms with van der Waals surface area (Å²) < 4.78 is 0. The zero-order valence-electron chi connectivity index (χ0n) is 42.1. The lowest BCUT2D eigenvalue weighted by molar-refractivity contribution is 0.660. The van der Waals surface area contributed by atoms with Gasteiger partial charge in [-0.3, -0.25) is 0 Å². The van der Waals surface area contributed by atoms with E-state index in [1.807, 2.05) is 0 Å². The van der Waals surface area contributed by atoms with Gasteiger partial charge in [-0.15, -0.1) is 0 Å². The molecule has 1 nitrogen and oxygen atoms in total. The molecule has 4 aliphatic carbocycles. The van der Waals surface area contributed by atoms with Crippen LogP contribution in [-0.4, -0.2) is 0 Å². The van der Waals surface area contributed by atoms with Gasteiger partial charge in [0.25, 0.3) is 0 Å². The molecule has 0 heterocycles. The van der Waals surface area contributed by atoms with Gasteiger partial charge >= 0.3 is 0 Å². The third kappa shape index (κ3) is 5.81. The maximum Gasteiger partial charge on any atom is 0.0725 e.